The fraction of sp³-hybridized carbons (Fsp3) is 0. The van der Waals surface area contributed by atoms with Gasteiger partial charge in [0.2, 0.25) is 0 Å². The zero-order chi connectivity index (χ0) is 11.7. The molecule has 3 aromatic rings. The Morgan fingerprint density at radius 1 is 1.29 bits per heavy atom. The van der Waals surface area contributed by atoms with Crippen molar-refractivity contribution < 1.29 is 4.42 Å². The van der Waals surface area contributed by atoms with E-state index in [0.717, 1.165) is 11.3 Å². The van der Waals surface area contributed by atoms with Crippen LogP contribution in [0.25, 0.3) is 22.2 Å². The number of nitrogens with zero attached hydrogens (tertiary/aromatic N) is 3. The second kappa shape index (κ2) is 3.95. The van der Waals surface area contributed by atoms with Crippen LogP contribution in [0.3, 0.4) is 0 Å². The zero-order valence-corrected chi connectivity index (χ0v) is 9.27. The minimum atomic E-state index is -0.583. The van der Waals surface area contributed by atoms with E-state index >= 15 is 0 Å². The Bertz CT molecular complexity index is 685. The number of H-pyrrole nitrogens is 1. The maximum atomic E-state index is 10.8. The van der Waals surface area contributed by atoms with Crippen molar-refractivity contribution in [3.63, 3.8) is 0 Å². The van der Waals surface area contributed by atoms with Gasteiger partial charge in [-0.05, 0) is 12.1 Å². The Morgan fingerprint density at radius 3 is 2.82 bits per heavy atom. The van der Waals surface area contributed by atoms with Crippen molar-refractivity contribution in [2.75, 3.05) is 0 Å². The van der Waals surface area contributed by atoms with Crippen LogP contribution in [0, 0.1) is 0 Å². The molecule has 0 amide bonds. The zero-order valence-electron chi connectivity index (χ0n) is 8.45. The number of pyridine rings is 1. The molecule has 0 fully saturated rings. The largest absolute Gasteiger partial charge is 0.434 e. The van der Waals surface area contributed by atoms with Crippen LogP contribution in [0.4, 0.5) is 0 Å². The highest BCUT2D eigenvalue weighted by molar-refractivity contribution is 7.13. The molecule has 1 N–H and O–H groups in total. The third-order valence-electron chi connectivity index (χ3n) is 2.10. The van der Waals surface area contributed by atoms with E-state index in [0.29, 0.717) is 5.01 Å². The molecule has 0 spiro atoms. The summed E-state index contributed by atoms with van der Waals surface area (Å²) in [6.45, 7) is 0. The molecule has 0 aliphatic carbocycles. The average molecular weight is 246 g/mol. The van der Waals surface area contributed by atoms with E-state index in [1.54, 1.807) is 12.4 Å². The average Bonchev–Trinajstić information content (AvgIpc) is 2.98. The van der Waals surface area contributed by atoms with Crippen molar-refractivity contribution in [2.45, 2.75) is 0 Å². The summed E-state index contributed by atoms with van der Waals surface area (Å²) in [5, 5.41) is 8.36. The van der Waals surface area contributed by atoms with Gasteiger partial charge in [0.25, 0.3) is 5.89 Å². The predicted octanol–water partition coefficient (Wildman–Crippen LogP) is 1.55. The highest BCUT2D eigenvalue weighted by Gasteiger charge is 2.11. The molecular formula is C10H6N4O2S. The normalized spacial score (nSPS) is 10.6. The molecule has 84 valence electrons. The van der Waals surface area contributed by atoms with Gasteiger partial charge in [0.1, 0.15) is 0 Å². The summed E-state index contributed by atoms with van der Waals surface area (Å²) in [4.78, 5) is 19.1. The van der Waals surface area contributed by atoms with Crippen LogP contribution in [-0.4, -0.2) is 20.2 Å². The number of rotatable bonds is 2. The number of hydrogen-bond donors (Lipinski definition) is 1. The van der Waals surface area contributed by atoms with Crippen LogP contribution in [0.1, 0.15) is 0 Å². The van der Waals surface area contributed by atoms with E-state index in [-0.39, 0.29) is 5.89 Å². The SMILES string of the molecule is O=c1[nH]nc(-c2nc(-c3ccncc3)cs2)o1. The fourth-order valence-electron chi connectivity index (χ4n) is 1.35. The van der Waals surface area contributed by atoms with Crippen LogP contribution in [0.15, 0.2) is 39.1 Å². The molecule has 0 atom stereocenters. The highest BCUT2D eigenvalue weighted by atomic mass is 32.1. The minimum Gasteiger partial charge on any atom is -0.385 e. The lowest BCUT2D eigenvalue weighted by Gasteiger charge is -1.92. The standard InChI is InChI=1S/C10H6N4O2S/c15-10-14-13-8(16-10)9-12-7(5-17-9)6-1-3-11-4-2-6/h1-5H,(H,14,15). The fourth-order valence-corrected chi connectivity index (χ4v) is 2.10. The van der Waals surface area contributed by atoms with Gasteiger partial charge in [0.15, 0.2) is 5.01 Å². The molecular weight excluding hydrogens is 240 g/mol. The molecule has 0 aliphatic heterocycles. The molecule has 0 radical (unpaired) electrons. The lowest BCUT2D eigenvalue weighted by molar-refractivity contribution is 0.526. The van der Waals surface area contributed by atoms with Gasteiger partial charge in [-0.15, -0.1) is 16.4 Å². The van der Waals surface area contributed by atoms with Crippen molar-refractivity contribution >= 4 is 11.3 Å². The molecule has 0 aliphatic rings. The smallest absolute Gasteiger partial charge is 0.385 e. The van der Waals surface area contributed by atoms with Crippen LogP contribution in [0.2, 0.25) is 0 Å². The van der Waals surface area contributed by atoms with Gasteiger partial charge in [0.05, 0.1) is 5.69 Å². The Hall–Kier alpha value is -2.28. The summed E-state index contributed by atoms with van der Waals surface area (Å²) in [5.74, 6) is -0.374. The second-order valence-electron chi connectivity index (χ2n) is 3.19. The first-order valence-electron chi connectivity index (χ1n) is 4.75. The van der Waals surface area contributed by atoms with Crippen molar-refractivity contribution in [2.24, 2.45) is 0 Å². The third-order valence-corrected chi connectivity index (χ3v) is 2.93. The molecule has 0 bridgehead atoms. The van der Waals surface area contributed by atoms with E-state index in [1.165, 1.54) is 11.3 Å². The molecule has 7 heteroatoms. The van der Waals surface area contributed by atoms with Crippen LogP contribution >= 0.6 is 11.3 Å². The van der Waals surface area contributed by atoms with E-state index < -0.39 is 5.76 Å². The van der Waals surface area contributed by atoms with Crippen LogP contribution < -0.4 is 5.76 Å². The number of thiazole rings is 1. The Kier molecular flexibility index (Phi) is 2.30. The number of hydrogen-bond acceptors (Lipinski definition) is 6. The quantitative estimate of drug-likeness (QED) is 0.741. The molecule has 3 heterocycles. The van der Waals surface area contributed by atoms with Crippen molar-refractivity contribution in [1.29, 1.82) is 0 Å². The lowest BCUT2D eigenvalue weighted by Crippen LogP contribution is -1.93. The summed E-state index contributed by atoms with van der Waals surface area (Å²) in [5.41, 5.74) is 1.76. The summed E-state index contributed by atoms with van der Waals surface area (Å²) < 4.78 is 4.83. The van der Waals surface area contributed by atoms with Gasteiger partial charge in [-0.3, -0.25) is 4.98 Å². The molecule has 3 aromatic heterocycles. The predicted molar refractivity (Wildman–Crippen MR) is 61.5 cm³/mol. The van der Waals surface area contributed by atoms with Gasteiger partial charge in [-0.25, -0.2) is 14.9 Å². The summed E-state index contributed by atoms with van der Waals surface area (Å²) in [6, 6.07) is 3.72. The first-order valence-corrected chi connectivity index (χ1v) is 5.63. The Morgan fingerprint density at radius 2 is 2.12 bits per heavy atom. The summed E-state index contributed by atoms with van der Waals surface area (Å²) in [6.07, 6.45) is 3.39. The lowest BCUT2D eigenvalue weighted by atomic mass is 10.2. The maximum absolute atomic E-state index is 10.8. The summed E-state index contributed by atoms with van der Waals surface area (Å²) in [7, 11) is 0. The maximum Gasteiger partial charge on any atom is 0.434 e. The molecule has 17 heavy (non-hydrogen) atoms. The Labute approximate surface area is 99.0 Å². The van der Waals surface area contributed by atoms with Crippen molar-refractivity contribution in [1.82, 2.24) is 20.2 Å². The van der Waals surface area contributed by atoms with E-state index in [1.807, 2.05) is 17.5 Å². The van der Waals surface area contributed by atoms with Crippen molar-refractivity contribution in [3.8, 4) is 22.2 Å². The van der Waals surface area contributed by atoms with Gasteiger partial charge >= 0.3 is 5.76 Å². The molecule has 6 nitrogen and oxygen atoms in total. The molecule has 0 saturated carbocycles. The first kappa shape index (κ1) is 9.91. The van der Waals surface area contributed by atoms with Gasteiger partial charge < -0.3 is 4.42 Å². The minimum absolute atomic E-state index is 0.209. The first-order chi connectivity index (χ1) is 8.33. The second-order valence-corrected chi connectivity index (χ2v) is 4.05. The third kappa shape index (κ3) is 1.87. The monoisotopic (exact) mass is 246 g/mol. The number of nitrogens with one attached hydrogen (secondary N) is 1. The van der Waals surface area contributed by atoms with E-state index in [4.69, 9.17) is 4.42 Å². The van der Waals surface area contributed by atoms with Crippen LogP contribution in [0.5, 0.6) is 0 Å². The van der Waals surface area contributed by atoms with Crippen LogP contribution in [-0.2, 0) is 0 Å². The molecule has 0 saturated heterocycles. The van der Waals surface area contributed by atoms with Crippen molar-refractivity contribution in [3.05, 3.63) is 40.5 Å². The Balaban J connectivity index is 2.01. The highest BCUT2D eigenvalue weighted by Crippen LogP contribution is 2.26. The number of aromatic nitrogens is 4. The van der Waals surface area contributed by atoms with Gasteiger partial charge in [-0.2, -0.15) is 0 Å². The van der Waals surface area contributed by atoms with Gasteiger partial charge in [-0.1, -0.05) is 0 Å². The molecule has 0 aromatic carbocycles. The molecule has 3 rings (SSSR count). The molecule has 0 unspecified atom stereocenters. The van der Waals surface area contributed by atoms with Gasteiger partial charge in [0, 0.05) is 23.3 Å². The number of aromatic amines is 1. The topological polar surface area (TPSA) is 84.7 Å². The van der Waals surface area contributed by atoms with E-state index in [2.05, 4.69) is 20.2 Å². The summed E-state index contributed by atoms with van der Waals surface area (Å²) >= 11 is 1.36. The van der Waals surface area contributed by atoms with E-state index in [9.17, 15) is 4.79 Å².